The van der Waals surface area contributed by atoms with Gasteiger partial charge >= 0.3 is 0 Å². The fourth-order valence-electron chi connectivity index (χ4n) is 2.42. The summed E-state index contributed by atoms with van der Waals surface area (Å²) in [6.07, 6.45) is 0. The predicted molar refractivity (Wildman–Crippen MR) is 124 cm³/mol. The molecule has 0 fully saturated rings. The molecule has 0 radical (unpaired) electrons. The van der Waals surface area contributed by atoms with Gasteiger partial charge in [0, 0.05) is 16.3 Å². The van der Waals surface area contributed by atoms with Gasteiger partial charge in [0.2, 0.25) is 0 Å². The van der Waals surface area contributed by atoms with Crippen LogP contribution in [0.4, 0.5) is 11.4 Å². The summed E-state index contributed by atoms with van der Waals surface area (Å²) in [5.74, 6) is -0.707. The highest BCUT2D eigenvalue weighted by Crippen LogP contribution is 2.25. The maximum atomic E-state index is 12.4. The van der Waals surface area contributed by atoms with Crippen molar-refractivity contribution in [2.24, 2.45) is 0 Å². The molecule has 0 aliphatic rings. The lowest BCUT2D eigenvalue weighted by atomic mass is 10.2. The normalized spacial score (nSPS) is 10.9. The molecule has 0 saturated heterocycles. The molecule has 3 rings (SSSR count). The highest BCUT2D eigenvalue weighted by Gasteiger charge is 2.18. The molecule has 0 unspecified atom stereocenters. The summed E-state index contributed by atoms with van der Waals surface area (Å²) >= 11 is 17.3. The van der Waals surface area contributed by atoms with Gasteiger partial charge in [-0.2, -0.15) is 0 Å². The molecule has 154 valence electrons. The van der Waals surface area contributed by atoms with Gasteiger partial charge in [-0.25, -0.2) is 13.1 Å². The number of anilines is 2. The largest absolute Gasteiger partial charge is 0.332 e. The molecule has 0 aliphatic heterocycles. The third-order valence-electron chi connectivity index (χ3n) is 3.86. The molecule has 3 aromatic carbocycles. The monoisotopic (exact) mass is 479 g/mol. The number of benzene rings is 3. The molecule has 3 N–H and O–H groups in total. The lowest BCUT2D eigenvalue weighted by Gasteiger charge is -2.13. The number of hydrogen-bond donors (Lipinski definition) is 3. The van der Waals surface area contributed by atoms with Gasteiger partial charge in [0.15, 0.2) is 5.11 Å². The molecule has 0 atom stereocenters. The van der Waals surface area contributed by atoms with Crippen LogP contribution in [0.2, 0.25) is 10.0 Å². The summed E-state index contributed by atoms with van der Waals surface area (Å²) in [5, 5.41) is 7.02. The van der Waals surface area contributed by atoms with E-state index in [1.54, 1.807) is 36.4 Å². The van der Waals surface area contributed by atoms with Gasteiger partial charge < -0.3 is 10.6 Å². The van der Waals surface area contributed by atoms with E-state index in [9.17, 15) is 13.2 Å². The van der Waals surface area contributed by atoms with Gasteiger partial charge in [0.1, 0.15) is 0 Å². The van der Waals surface area contributed by atoms with E-state index in [4.69, 9.17) is 35.4 Å². The summed E-state index contributed by atoms with van der Waals surface area (Å²) in [6.45, 7) is 0. The first-order chi connectivity index (χ1) is 14.2. The van der Waals surface area contributed by atoms with Crippen LogP contribution >= 0.6 is 35.4 Å². The van der Waals surface area contributed by atoms with E-state index in [0.717, 1.165) is 0 Å². The average molecular weight is 480 g/mol. The Balaban J connectivity index is 1.66. The highest BCUT2D eigenvalue weighted by atomic mass is 35.5. The lowest BCUT2D eigenvalue weighted by molar-refractivity contribution is 0.0981. The van der Waals surface area contributed by atoms with E-state index < -0.39 is 15.9 Å². The maximum Gasteiger partial charge on any atom is 0.264 e. The number of thiocarbonyl (C=S) groups is 1. The number of sulfonamides is 1. The molecule has 0 bridgehead atoms. The van der Waals surface area contributed by atoms with E-state index >= 15 is 0 Å². The van der Waals surface area contributed by atoms with Crippen LogP contribution in [-0.4, -0.2) is 19.4 Å². The van der Waals surface area contributed by atoms with E-state index in [1.807, 2.05) is 4.72 Å². The minimum absolute atomic E-state index is 0.0610. The molecule has 0 saturated carbocycles. The summed E-state index contributed by atoms with van der Waals surface area (Å²) in [6, 6.07) is 18.8. The van der Waals surface area contributed by atoms with Gasteiger partial charge in [-0.15, -0.1) is 0 Å². The first-order valence-electron chi connectivity index (χ1n) is 8.50. The Morgan fingerprint density at radius 2 is 1.53 bits per heavy atom. The van der Waals surface area contributed by atoms with Crippen molar-refractivity contribution in [3.05, 3.63) is 88.4 Å². The summed E-state index contributed by atoms with van der Waals surface area (Å²) in [4.78, 5) is 12.1. The second kappa shape index (κ2) is 9.44. The van der Waals surface area contributed by atoms with Crippen molar-refractivity contribution in [1.29, 1.82) is 0 Å². The zero-order valence-corrected chi connectivity index (χ0v) is 18.4. The van der Waals surface area contributed by atoms with Crippen LogP contribution in [0.3, 0.4) is 0 Å². The molecule has 0 aliphatic carbocycles. The quantitative estimate of drug-likeness (QED) is 0.450. The predicted octanol–water partition coefficient (Wildman–Crippen LogP) is 4.92. The Hall–Kier alpha value is -2.65. The number of carbonyl (C=O) groups is 1. The van der Waals surface area contributed by atoms with Crippen LogP contribution in [0.25, 0.3) is 0 Å². The van der Waals surface area contributed by atoms with Crippen molar-refractivity contribution in [3.63, 3.8) is 0 Å². The van der Waals surface area contributed by atoms with E-state index in [2.05, 4.69) is 10.6 Å². The van der Waals surface area contributed by atoms with Crippen LogP contribution in [0.5, 0.6) is 0 Å². The average Bonchev–Trinajstić information content (AvgIpc) is 2.71. The first kappa shape index (κ1) is 22.0. The number of rotatable bonds is 5. The molecule has 0 spiro atoms. The molecule has 6 nitrogen and oxygen atoms in total. The van der Waals surface area contributed by atoms with Gasteiger partial charge in [0.05, 0.1) is 15.6 Å². The third kappa shape index (κ3) is 5.70. The molecule has 1 amide bonds. The van der Waals surface area contributed by atoms with Crippen molar-refractivity contribution in [1.82, 2.24) is 4.72 Å². The van der Waals surface area contributed by atoms with E-state index in [-0.39, 0.29) is 15.6 Å². The number of amides is 1. The Bertz CT molecular complexity index is 1190. The molecular formula is C20H15Cl2N3O3S2. The third-order valence-corrected chi connectivity index (χ3v) is 5.98. The van der Waals surface area contributed by atoms with Gasteiger partial charge in [-0.05, 0) is 66.8 Å². The number of carbonyl (C=O) groups excluding carboxylic acids is 1. The molecule has 10 heteroatoms. The van der Waals surface area contributed by atoms with Crippen molar-refractivity contribution in [3.8, 4) is 0 Å². The number of halogens is 2. The van der Waals surface area contributed by atoms with Gasteiger partial charge in [-0.3, -0.25) is 4.79 Å². The Labute approximate surface area is 189 Å². The summed E-state index contributed by atoms with van der Waals surface area (Å²) < 4.78 is 26.9. The number of nitrogens with one attached hydrogen (secondary N) is 3. The second-order valence-electron chi connectivity index (χ2n) is 6.03. The lowest BCUT2D eigenvalue weighted by Crippen LogP contribution is -2.30. The van der Waals surface area contributed by atoms with Gasteiger partial charge in [-0.1, -0.05) is 41.4 Å². The molecular weight excluding hydrogens is 465 g/mol. The maximum absolute atomic E-state index is 12.4. The topological polar surface area (TPSA) is 87.3 Å². The van der Waals surface area contributed by atoms with Crippen molar-refractivity contribution >= 4 is 67.8 Å². The fourth-order valence-corrected chi connectivity index (χ4v) is 3.96. The molecule has 30 heavy (non-hydrogen) atoms. The molecule has 0 heterocycles. The van der Waals surface area contributed by atoms with Crippen LogP contribution < -0.4 is 15.4 Å². The minimum Gasteiger partial charge on any atom is -0.332 e. The van der Waals surface area contributed by atoms with Crippen molar-refractivity contribution < 1.29 is 13.2 Å². The highest BCUT2D eigenvalue weighted by molar-refractivity contribution is 7.90. The fraction of sp³-hybridized carbons (Fsp3) is 0. The SMILES string of the molecule is O=C(NS(=O)(=O)c1ccc(NC(=S)Nc2cc(Cl)ccc2Cl)cc1)c1ccccc1. The Kier molecular flexibility index (Phi) is 6.94. The first-order valence-corrected chi connectivity index (χ1v) is 11.1. The zero-order chi connectivity index (χ0) is 21.7. The van der Waals surface area contributed by atoms with Crippen molar-refractivity contribution in [2.75, 3.05) is 10.6 Å². The number of hydrogen-bond acceptors (Lipinski definition) is 4. The molecule has 3 aromatic rings. The smallest absolute Gasteiger partial charge is 0.264 e. The standard InChI is InChI=1S/C20H15Cl2N3O3S2/c21-14-6-11-17(22)18(12-14)24-20(29)23-15-7-9-16(10-8-15)30(27,28)25-19(26)13-4-2-1-3-5-13/h1-12H,(H,25,26)(H2,23,24,29). The minimum atomic E-state index is -4.02. The van der Waals surface area contributed by atoms with Crippen LogP contribution in [0.1, 0.15) is 10.4 Å². The van der Waals surface area contributed by atoms with Crippen molar-refractivity contribution in [2.45, 2.75) is 4.90 Å². The van der Waals surface area contributed by atoms with E-state index in [0.29, 0.717) is 21.4 Å². The zero-order valence-electron chi connectivity index (χ0n) is 15.2. The Morgan fingerprint density at radius 1 is 0.867 bits per heavy atom. The van der Waals surface area contributed by atoms with Crippen LogP contribution in [0, 0.1) is 0 Å². The van der Waals surface area contributed by atoms with Gasteiger partial charge in [0.25, 0.3) is 15.9 Å². The second-order valence-corrected chi connectivity index (χ2v) is 8.96. The van der Waals surface area contributed by atoms with Crippen LogP contribution in [-0.2, 0) is 10.0 Å². The van der Waals surface area contributed by atoms with E-state index in [1.165, 1.54) is 36.4 Å². The Morgan fingerprint density at radius 3 is 2.20 bits per heavy atom. The van der Waals surface area contributed by atoms with Crippen LogP contribution in [0.15, 0.2) is 77.7 Å². The summed E-state index contributed by atoms with van der Waals surface area (Å²) in [5.41, 5.74) is 1.32. The molecule has 0 aromatic heterocycles. The summed E-state index contributed by atoms with van der Waals surface area (Å²) in [7, 11) is -4.02.